The summed E-state index contributed by atoms with van der Waals surface area (Å²) < 4.78 is 16.0. The van der Waals surface area contributed by atoms with E-state index in [0.717, 1.165) is 46.3 Å². The van der Waals surface area contributed by atoms with Crippen LogP contribution >= 0.6 is 0 Å². The van der Waals surface area contributed by atoms with Crippen LogP contribution in [0.2, 0.25) is 0 Å². The molecule has 0 aliphatic rings. The normalized spacial score (nSPS) is 13.2. The zero-order valence-electron chi connectivity index (χ0n) is 19.3. The van der Waals surface area contributed by atoms with Crippen molar-refractivity contribution in [3.8, 4) is 17.2 Å². The second kappa shape index (κ2) is 10.2. The maximum absolute atomic E-state index is 11.8. The van der Waals surface area contributed by atoms with Gasteiger partial charge in [-0.1, -0.05) is 25.1 Å². The Morgan fingerprint density at radius 3 is 1.47 bits per heavy atom. The lowest BCUT2D eigenvalue weighted by atomic mass is 9.90. The smallest absolute Gasteiger partial charge is 0.127 e. The fourth-order valence-electron chi connectivity index (χ4n) is 3.65. The number of anilines is 2. The largest absolute Gasteiger partial charge is 0.497 e. The molecule has 0 saturated carbocycles. The van der Waals surface area contributed by atoms with Crippen molar-refractivity contribution in [2.24, 2.45) is 0 Å². The average Bonchev–Trinajstić information content (AvgIpc) is 2.84. The van der Waals surface area contributed by atoms with Gasteiger partial charge >= 0.3 is 0 Å². The molecule has 1 N–H and O–H groups in total. The van der Waals surface area contributed by atoms with E-state index in [1.54, 1.807) is 21.3 Å². The second-order valence-corrected chi connectivity index (χ2v) is 7.53. The quantitative estimate of drug-likeness (QED) is 0.445. The zero-order valence-corrected chi connectivity index (χ0v) is 19.3. The van der Waals surface area contributed by atoms with Gasteiger partial charge in [0.05, 0.1) is 27.0 Å². The van der Waals surface area contributed by atoms with Gasteiger partial charge in [0, 0.05) is 11.4 Å². The van der Waals surface area contributed by atoms with Crippen molar-refractivity contribution in [1.82, 2.24) is 0 Å². The molecule has 3 aromatic rings. The Morgan fingerprint density at radius 2 is 1.12 bits per heavy atom. The van der Waals surface area contributed by atoms with Crippen LogP contribution in [0.15, 0.2) is 84.6 Å². The van der Waals surface area contributed by atoms with E-state index in [4.69, 9.17) is 14.2 Å². The molecule has 3 rings (SSSR count). The van der Waals surface area contributed by atoms with Gasteiger partial charge in [0.2, 0.25) is 0 Å². The first-order valence-electron chi connectivity index (χ1n) is 10.6. The molecule has 0 radical (unpaired) electrons. The molecule has 0 fully saturated rings. The fourth-order valence-corrected chi connectivity index (χ4v) is 3.65. The van der Waals surface area contributed by atoms with Gasteiger partial charge in [-0.15, -0.1) is 0 Å². The molecule has 32 heavy (non-hydrogen) atoms. The number of benzene rings is 3. The average molecular weight is 434 g/mol. The van der Waals surface area contributed by atoms with E-state index in [0.29, 0.717) is 0 Å². The molecular formula is C27H31NO4. The second-order valence-electron chi connectivity index (χ2n) is 7.53. The number of allylic oxidation sites excluding steroid dienone is 1. The summed E-state index contributed by atoms with van der Waals surface area (Å²) in [5.74, 6) is 2.28. The molecule has 0 aliphatic carbocycles. The topological polar surface area (TPSA) is 51.2 Å². The van der Waals surface area contributed by atoms with Crippen LogP contribution in [0.1, 0.15) is 25.8 Å². The first-order chi connectivity index (χ1) is 15.4. The number of aliphatic hydroxyl groups is 1. The van der Waals surface area contributed by atoms with Gasteiger partial charge in [-0.2, -0.15) is 0 Å². The van der Waals surface area contributed by atoms with Crippen molar-refractivity contribution in [2.75, 3.05) is 26.2 Å². The number of methoxy groups -OCH3 is 3. The lowest BCUT2D eigenvalue weighted by Crippen LogP contribution is -2.34. The van der Waals surface area contributed by atoms with E-state index < -0.39 is 5.60 Å². The predicted molar refractivity (Wildman–Crippen MR) is 129 cm³/mol. The minimum Gasteiger partial charge on any atom is -0.497 e. The minimum atomic E-state index is -1.26. The number of rotatable bonds is 9. The third-order valence-corrected chi connectivity index (χ3v) is 5.45. The van der Waals surface area contributed by atoms with Crippen LogP contribution in [-0.4, -0.2) is 26.4 Å². The summed E-state index contributed by atoms with van der Waals surface area (Å²) >= 11 is 0. The summed E-state index contributed by atoms with van der Waals surface area (Å²) in [5, 5.41) is 11.8. The molecule has 0 aromatic heterocycles. The van der Waals surface area contributed by atoms with E-state index >= 15 is 0 Å². The Kier molecular flexibility index (Phi) is 7.44. The maximum atomic E-state index is 11.8. The Balaban J connectivity index is 2.15. The summed E-state index contributed by atoms with van der Waals surface area (Å²) in [6.07, 6.45) is 2.81. The molecule has 0 bridgehead atoms. The lowest BCUT2D eigenvalue weighted by Gasteiger charge is -2.37. The van der Waals surface area contributed by atoms with Crippen LogP contribution in [0.4, 0.5) is 11.4 Å². The molecule has 3 aromatic carbocycles. The highest BCUT2D eigenvalue weighted by atomic mass is 16.5. The summed E-state index contributed by atoms with van der Waals surface area (Å²) in [6, 6.07) is 23.1. The van der Waals surface area contributed by atoms with E-state index in [1.165, 1.54) is 0 Å². The first-order valence-corrected chi connectivity index (χ1v) is 10.6. The molecule has 0 spiro atoms. The highest BCUT2D eigenvalue weighted by molar-refractivity contribution is 5.71. The molecule has 1 atom stereocenters. The zero-order chi connectivity index (χ0) is 23.1. The van der Waals surface area contributed by atoms with E-state index in [-0.39, 0.29) is 0 Å². The Hall–Kier alpha value is -3.44. The number of hydrogen-bond acceptors (Lipinski definition) is 5. The molecule has 1 unspecified atom stereocenters. The van der Waals surface area contributed by atoms with Gasteiger partial charge in [-0.05, 0) is 79.6 Å². The number of hydrogen-bond donors (Lipinski definition) is 1. The molecule has 0 aliphatic heterocycles. The third kappa shape index (κ3) is 4.89. The van der Waals surface area contributed by atoms with Crippen LogP contribution in [0, 0.1) is 0 Å². The molecule has 168 valence electrons. The predicted octanol–water partition coefficient (Wildman–Crippen LogP) is 6.05. The van der Waals surface area contributed by atoms with Gasteiger partial charge < -0.3 is 24.2 Å². The molecule has 0 saturated heterocycles. The summed E-state index contributed by atoms with van der Waals surface area (Å²) in [7, 11) is 4.92. The lowest BCUT2D eigenvalue weighted by molar-refractivity contribution is 0.0953. The molecular weight excluding hydrogens is 402 g/mol. The third-order valence-electron chi connectivity index (χ3n) is 5.45. The minimum absolute atomic E-state index is 0.743. The van der Waals surface area contributed by atoms with Crippen molar-refractivity contribution in [2.45, 2.75) is 25.9 Å². The monoisotopic (exact) mass is 433 g/mol. The van der Waals surface area contributed by atoms with E-state index in [2.05, 4.69) is 17.9 Å². The Bertz CT molecular complexity index is 975. The van der Waals surface area contributed by atoms with Crippen LogP contribution in [0.5, 0.6) is 17.2 Å². The van der Waals surface area contributed by atoms with E-state index in [1.807, 2.05) is 79.7 Å². The maximum Gasteiger partial charge on any atom is 0.127 e. The van der Waals surface area contributed by atoms with Crippen molar-refractivity contribution in [3.05, 3.63) is 90.1 Å². The summed E-state index contributed by atoms with van der Waals surface area (Å²) in [6.45, 7) is 3.88. The van der Waals surface area contributed by atoms with E-state index in [9.17, 15) is 5.11 Å². The SMILES string of the molecule is CC/C=C(\N(c1ccc(OC)cc1)c1ccc(OC)cc1)C(C)(O)c1ccc(OC)cc1. The van der Waals surface area contributed by atoms with Crippen LogP contribution in [-0.2, 0) is 5.60 Å². The Labute approximate surface area is 190 Å². The highest BCUT2D eigenvalue weighted by Gasteiger charge is 2.33. The summed E-state index contributed by atoms with van der Waals surface area (Å²) in [5.41, 5.74) is 2.07. The van der Waals surface area contributed by atoms with Gasteiger partial charge in [-0.25, -0.2) is 0 Å². The van der Waals surface area contributed by atoms with Crippen molar-refractivity contribution in [3.63, 3.8) is 0 Å². The Morgan fingerprint density at radius 1 is 0.750 bits per heavy atom. The van der Waals surface area contributed by atoms with Gasteiger partial charge in [0.15, 0.2) is 0 Å². The van der Waals surface area contributed by atoms with Crippen molar-refractivity contribution < 1.29 is 19.3 Å². The molecule has 5 nitrogen and oxygen atoms in total. The van der Waals surface area contributed by atoms with Gasteiger partial charge in [-0.3, -0.25) is 0 Å². The summed E-state index contributed by atoms with van der Waals surface area (Å²) in [4.78, 5) is 2.06. The molecule has 5 heteroatoms. The van der Waals surface area contributed by atoms with Crippen molar-refractivity contribution >= 4 is 11.4 Å². The number of nitrogens with zero attached hydrogens (tertiary/aromatic N) is 1. The van der Waals surface area contributed by atoms with Crippen LogP contribution < -0.4 is 19.1 Å². The molecule has 0 amide bonds. The van der Waals surface area contributed by atoms with Crippen LogP contribution in [0.3, 0.4) is 0 Å². The molecule has 0 heterocycles. The standard InChI is InChI=1S/C27H31NO4/c1-6-7-26(27(2,29)20-8-14-23(30-3)15-9-20)28(21-10-16-24(31-4)17-11-21)22-12-18-25(32-5)19-13-22/h7-19,29H,6H2,1-5H3/b26-7-. The van der Waals surface area contributed by atoms with Gasteiger partial charge in [0.1, 0.15) is 22.8 Å². The van der Waals surface area contributed by atoms with Gasteiger partial charge in [0.25, 0.3) is 0 Å². The van der Waals surface area contributed by atoms with Crippen LogP contribution in [0.25, 0.3) is 0 Å². The first kappa shape index (κ1) is 23.2. The highest BCUT2D eigenvalue weighted by Crippen LogP contribution is 2.40. The number of ether oxygens (including phenoxy) is 3. The van der Waals surface area contributed by atoms with Crippen molar-refractivity contribution in [1.29, 1.82) is 0 Å². The fraction of sp³-hybridized carbons (Fsp3) is 0.259.